The molecule has 0 spiro atoms. The first-order chi connectivity index (χ1) is 13.8. The van der Waals surface area contributed by atoms with Crippen molar-refractivity contribution >= 4 is 17.2 Å². The van der Waals surface area contributed by atoms with Crippen LogP contribution in [0.4, 0.5) is 11.5 Å². The van der Waals surface area contributed by atoms with Crippen LogP contribution in [0, 0.1) is 6.92 Å². The Morgan fingerprint density at radius 1 is 0.964 bits per heavy atom. The summed E-state index contributed by atoms with van der Waals surface area (Å²) in [5, 5.41) is 22.0. The second kappa shape index (κ2) is 6.58. The van der Waals surface area contributed by atoms with Crippen molar-refractivity contribution in [3.05, 3.63) is 72.6 Å². The predicted octanol–water partition coefficient (Wildman–Crippen LogP) is 3.63. The minimum atomic E-state index is 0.645. The topological polar surface area (TPSA) is 96.7 Å². The molecule has 5 rings (SSSR count). The molecule has 5 aromatic rings. The van der Waals surface area contributed by atoms with Gasteiger partial charge in [-0.1, -0.05) is 36.4 Å². The van der Waals surface area contributed by atoms with E-state index < -0.39 is 0 Å². The fourth-order valence-corrected chi connectivity index (χ4v) is 3.22. The number of aromatic nitrogens is 7. The zero-order valence-electron chi connectivity index (χ0n) is 15.0. The molecule has 0 saturated carbocycles. The van der Waals surface area contributed by atoms with Crippen LogP contribution in [-0.2, 0) is 0 Å². The molecule has 3 aromatic heterocycles. The summed E-state index contributed by atoms with van der Waals surface area (Å²) in [6, 6.07) is 20.1. The van der Waals surface area contributed by atoms with Gasteiger partial charge in [0, 0.05) is 29.1 Å². The first kappa shape index (κ1) is 16.1. The van der Waals surface area contributed by atoms with Crippen molar-refractivity contribution < 1.29 is 0 Å². The van der Waals surface area contributed by atoms with E-state index in [1.165, 1.54) is 0 Å². The van der Waals surface area contributed by atoms with E-state index in [1.54, 1.807) is 10.7 Å². The van der Waals surface area contributed by atoms with Gasteiger partial charge in [-0.15, -0.1) is 5.10 Å². The summed E-state index contributed by atoms with van der Waals surface area (Å²) in [4.78, 5) is 4.47. The quantitative estimate of drug-likeness (QED) is 0.503. The molecule has 8 nitrogen and oxygen atoms in total. The number of benzene rings is 2. The van der Waals surface area contributed by atoms with Crippen molar-refractivity contribution in [3.8, 4) is 22.5 Å². The number of rotatable bonds is 4. The monoisotopic (exact) mass is 368 g/mol. The van der Waals surface area contributed by atoms with Crippen molar-refractivity contribution in [3.63, 3.8) is 0 Å². The fraction of sp³-hybridized carbons (Fsp3) is 0.0500. The summed E-state index contributed by atoms with van der Waals surface area (Å²) >= 11 is 0. The lowest BCUT2D eigenvalue weighted by atomic mass is 9.99. The number of anilines is 2. The molecule has 8 heteroatoms. The third-order valence-corrected chi connectivity index (χ3v) is 4.48. The Kier molecular flexibility index (Phi) is 3.79. The average Bonchev–Trinajstić information content (AvgIpc) is 3.40. The number of nitrogens with zero attached hydrogens (tertiary/aromatic N) is 6. The maximum atomic E-state index is 4.47. The normalized spacial score (nSPS) is 11.0. The third-order valence-electron chi connectivity index (χ3n) is 4.48. The highest BCUT2D eigenvalue weighted by atomic mass is 15.5. The summed E-state index contributed by atoms with van der Waals surface area (Å²) in [5.74, 6) is 1.51. The van der Waals surface area contributed by atoms with Gasteiger partial charge in [-0.2, -0.15) is 9.61 Å². The lowest BCUT2D eigenvalue weighted by molar-refractivity contribution is 0.881. The zero-order valence-corrected chi connectivity index (χ0v) is 15.0. The van der Waals surface area contributed by atoms with E-state index >= 15 is 0 Å². The standard InChI is InChI=1S/C20H16N8/c1-13-12-19(28-18(22-13)10-11-21-28)23-15-8-6-14(7-9-15)16-4-2-3-5-17(16)20-24-26-27-25-20/h2-12,23H,1H3,(H,24,25,26,27). The Morgan fingerprint density at radius 2 is 1.79 bits per heavy atom. The summed E-state index contributed by atoms with van der Waals surface area (Å²) in [6.07, 6.45) is 1.74. The van der Waals surface area contributed by atoms with Gasteiger partial charge in [-0.3, -0.25) is 0 Å². The Labute approximate surface area is 160 Å². The third kappa shape index (κ3) is 2.86. The van der Waals surface area contributed by atoms with Crippen molar-refractivity contribution in [1.82, 2.24) is 35.2 Å². The van der Waals surface area contributed by atoms with Crippen LogP contribution >= 0.6 is 0 Å². The Morgan fingerprint density at radius 3 is 2.57 bits per heavy atom. The molecule has 0 aliphatic carbocycles. The molecule has 2 N–H and O–H groups in total. The van der Waals surface area contributed by atoms with Crippen LogP contribution in [0.15, 0.2) is 66.9 Å². The largest absolute Gasteiger partial charge is 0.340 e. The van der Waals surface area contributed by atoms with Gasteiger partial charge in [0.2, 0.25) is 0 Å². The van der Waals surface area contributed by atoms with Crippen LogP contribution in [0.2, 0.25) is 0 Å². The Balaban J connectivity index is 1.48. The SMILES string of the molecule is Cc1cc(Nc2ccc(-c3ccccc3-c3nnn[nH]3)cc2)n2nccc2n1. The van der Waals surface area contributed by atoms with Gasteiger partial charge in [0.05, 0.1) is 6.20 Å². The highest BCUT2D eigenvalue weighted by Crippen LogP contribution is 2.30. The van der Waals surface area contributed by atoms with Gasteiger partial charge in [-0.05, 0) is 40.6 Å². The minimum Gasteiger partial charge on any atom is -0.340 e. The predicted molar refractivity (Wildman–Crippen MR) is 106 cm³/mol. The van der Waals surface area contributed by atoms with E-state index in [-0.39, 0.29) is 0 Å². The summed E-state index contributed by atoms with van der Waals surface area (Å²) in [7, 11) is 0. The Bertz CT molecular complexity index is 1240. The smallest absolute Gasteiger partial charge is 0.180 e. The first-order valence-electron chi connectivity index (χ1n) is 8.80. The molecular weight excluding hydrogens is 352 g/mol. The molecule has 0 saturated heterocycles. The molecule has 2 aromatic carbocycles. The van der Waals surface area contributed by atoms with E-state index in [0.29, 0.717) is 5.82 Å². The molecule has 0 bridgehead atoms. The van der Waals surface area contributed by atoms with E-state index in [0.717, 1.165) is 39.5 Å². The number of hydrogen-bond acceptors (Lipinski definition) is 6. The van der Waals surface area contributed by atoms with Gasteiger partial charge in [-0.25, -0.2) is 10.1 Å². The molecule has 3 heterocycles. The van der Waals surface area contributed by atoms with Gasteiger partial charge >= 0.3 is 0 Å². The van der Waals surface area contributed by atoms with Crippen molar-refractivity contribution in [2.75, 3.05) is 5.32 Å². The second-order valence-corrected chi connectivity index (χ2v) is 6.38. The van der Waals surface area contributed by atoms with E-state index in [1.807, 2.05) is 49.4 Å². The van der Waals surface area contributed by atoms with Crippen molar-refractivity contribution in [1.29, 1.82) is 0 Å². The lowest BCUT2D eigenvalue weighted by Crippen LogP contribution is -2.02. The van der Waals surface area contributed by atoms with Crippen LogP contribution in [0.25, 0.3) is 28.2 Å². The molecule has 0 aliphatic rings. The number of nitrogens with one attached hydrogen (secondary N) is 2. The van der Waals surface area contributed by atoms with Crippen LogP contribution in [0.3, 0.4) is 0 Å². The van der Waals surface area contributed by atoms with E-state index in [2.05, 4.69) is 54.2 Å². The van der Waals surface area contributed by atoms with E-state index in [4.69, 9.17) is 0 Å². The molecule has 0 unspecified atom stereocenters. The maximum absolute atomic E-state index is 4.47. The number of tetrazole rings is 1. The Hall–Kier alpha value is -4.07. The van der Waals surface area contributed by atoms with Crippen molar-refractivity contribution in [2.45, 2.75) is 6.92 Å². The van der Waals surface area contributed by atoms with Crippen LogP contribution in [0.1, 0.15) is 5.69 Å². The molecule has 28 heavy (non-hydrogen) atoms. The highest BCUT2D eigenvalue weighted by molar-refractivity contribution is 5.81. The lowest BCUT2D eigenvalue weighted by Gasteiger charge is -2.11. The summed E-state index contributed by atoms with van der Waals surface area (Å²) in [5.41, 5.74) is 5.80. The molecular formula is C20H16N8. The van der Waals surface area contributed by atoms with Gasteiger partial charge in [0.1, 0.15) is 5.82 Å². The summed E-state index contributed by atoms with van der Waals surface area (Å²) in [6.45, 7) is 1.97. The number of aromatic amines is 1. The zero-order chi connectivity index (χ0) is 18.9. The van der Waals surface area contributed by atoms with Crippen LogP contribution < -0.4 is 5.32 Å². The van der Waals surface area contributed by atoms with Gasteiger partial charge in [0.25, 0.3) is 0 Å². The second-order valence-electron chi connectivity index (χ2n) is 6.38. The van der Waals surface area contributed by atoms with Gasteiger partial charge in [0.15, 0.2) is 11.5 Å². The number of fused-ring (bicyclic) bond motifs is 1. The molecule has 0 aliphatic heterocycles. The molecule has 136 valence electrons. The highest BCUT2D eigenvalue weighted by Gasteiger charge is 2.10. The van der Waals surface area contributed by atoms with E-state index in [9.17, 15) is 0 Å². The molecule has 0 radical (unpaired) electrons. The number of aryl methyl sites for hydroxylation is 1. The fourth-order valence-electron chi connectivity index (χ4n) is 3.22. The molecule has 0 fully saturated rings. The molecule has 0 amide bonds. The number of hydrogen-bond donors (Lipinski definition) is 2. The minimum absolute atomic E-state index is 0.645. The first-order valence-corrected chi connectivity index (χ1v) is 8.80. The van der Waals surface area contributed by atoms with Gasteiger partial charge < -0.3 is 5.32 Å². The van der Waals surface area contributed by atoms with Crippen molar-refractivity contribution in [2.24, 2.45) is 0 Å². The van der Waals surface area contributed by atoms with Crippen LogP contribution in [-0.4, -0.2) is 35.2 Å². The average molecular weight is 368 g/mol. The maximum Gasteiger partial charge on any atom is 0.180 e. The number of H-pyrrole nitrogens is 1. The summed E-state index contributed by atoms with van der Waals surface area (Å²) < 4.78 is 1.78. The van der Waals surface area contributed by atoms with Crippen LogP contribution in [0.5, 0.6) is 0 Å². The molecule has 0 atom stereocenters.